The summed E-state index contributed by atoms with van der Waals surface area (Å²) in [6.07, 6.45) is 19.2. The van der Waals surface area contributed by atoms with Crippen LogP contribution in [-0.2, 0) is 23.7 Å². The highest BCUT2D eigenvalue weighted by molar-refractivity contribution is 5.25. The number of hydrogen-bond donors (Lipinski definition) is 0. The predicted octanol–water partition coefficient (Wildman–Crippen LogP) is 8.89. The maximum atomic E-state index is 6.35. The minimum Gasteiger partial charge on any atom is -0.379 e. The molecular weight excluding hydrogens is 536 g/mol. The first-order chi connectivity index (χ1) is 20.8. The Morgan fingerprint density at radius 3 is 2.05 bits per heavy atom. The predicted molar refractivity (Wildman–Crippen MR) is 176 cm³/mol. The molecule has 0 radical (unpaired) electrons. The van der Waals surface area contributed by atoms with Gasteiger partial charge >= 0.3 is 0 Å². The Morgan fingerprint density at radius 1 is 0.744 bits per heavy atom. The maximum Gasteiger partial charge on any atom is 0.0704 e. The molecule has 0 aromatic rings. The van der Waals surface area contributed by atoms with Crippen LogP contribution in [0.2, 0.25) is 0 Å². The summed E-state index contributed by atoms with van der Waals surface area (Å²) >= 11 is 0. The zero-order valence-electron chi connectivity index (χ0n) is 29.0. The largest absolute Gasteiger partial charge is 0.379 e. The minimum absolute atomic E-state index is 0.352. The van der Waals surface area contributed by atoms with Gasteiger partial charge in [0.15, 0.2) is 0 Å². The molecule has 0 saturated heterocycles. The third-order valence-corrected chi connectivity index (χ3v) is 12.3. The standard InChI is InChI=1S/C38H68O5/c1-7-19-39-20-21-40-22-23-41-24-25-42-26-27-43-32-15-17-37(5)31(28-32)11-12-33-35-14-13-34(30(4)10-8-9-29(2)3)38(35,6)18-16-36(33)37/h11,29-30,32-36H,7-10,12-28H2,1-6H3/t30-,32+,33?,34?,35+,36+,37+,38-/m1/s1. The third kappa shape index (κ3) is 9.31. The summed E-state index contributed by atoms with van der Waals surface area (Å²) in [6.45, 7) is 20.6. The summed E-state index contributed by atoms with van der Waals surface area (Å²) in [5.41, 5.74) is 2.69. The van der Waals surface area contributed by atoms with Gasteiger partial charge in [-0.25, -0.2) is 0 Å². The summed E-state index contributed by atoms with van der Waals surface area (Å²) < 4.78 is 28.6. The van der Waals surface area contributed by atoms with Crippen molar-refractivity contribution >= 4 is 0 Å². The summed E-state index contributed by atoms with van der Waals surface area (Å²) in [6, 6.07) is 0. The van der Waals surface area contributed by atoms with E-state index < -0.39 is 0 Å². The Balaban J connectivity index is 1.13. The highest BCUT2D eigenvalue weighted by Crippen LogP contribution is 2.67. The SMILES string of the molecule is CCCOCCOCCOCCOCCO[C@H]1CC[C@@]2(C)C(=CCC3[C@@H]2CC[C@]2(C)C([C@H](C)CCCC(C)C)CC[C@@H]32)C1. The van der Waals surface area contributed by atoms with Crippen LogP contribution in [0.4, 0.5) is 0 Å². The molecule has 0 amide bonds. The first-order valence-electron chi connectivity index (χ1n) is 18.4. The van der Waals surface area contributed by atoms with E-state index in [9.17, 15) is 0 Å². The van der Waals surface area contributed by atoms with E-state index in [1.807, 2.05) is 0 Å². The Kier molecular flexibility index (Phi) is 14.4. The highest BCUT2D eigenvalue weighted by atomic mass is 16.6. The molecule has 0 N–H and O–H groups in total. The molecular formula is C38H68O5. The van der Waals surface area contributed by atoms with Crippen molar-refractivity contribution in [3.63, 3.8) is 0 Å². The molecule has 3 fully saturated rings. The lowest BCUT2D eigenvalue weighted by Crippen LogP contribution is -2.51. The summed E-state index contributed by atoms with van der Waals surface area (Å²) in [7, 11) is 0. The van der Waals surface area contributed by atoms with Gasteiger partial charge in [0.1, 0.15) is 0 Å². The smallest absolute Gasteiger partial charge is 0.0704 e. The molecule has 43 heavy (non-hydrogen) atoms. The summed E-state index contributed by atoms with van der Waals surface area (Å²) in [4.78, 5) is 0. The lowest BCUT2D eigenvalue weighted by atomic mass is 9.47. The van der Waals surface area contributed by atoms with Crippen LogP contribution in [0.15, 0.2) is 11.6 Å². The fourth-order valence-electron chi connectivity index (χ4n) is 9.97. The van der Waals surface area contributed by atoms with E-state index in [0.717, 1.165) is 55.0 Å². The van der Waals surface area contributed by atoms with Crippen molar-refractivity contribution in [2.75, 3.05) is 59.5 Å². The molecule has 4 aliphatic rings. The minimum atomic E-state index is 0.352. The molecule has 0 heterocycles. The number of allylic oxidation sites excluding steroid dienone is 1. The average molecular weight is 605 g/mol. The van der Waals surface area contributed by atoms with Gasteiger partial charge in [-0.15, -0.1) is 0 Å². The fraction of sp³-hybridized carbons (Fsp3) is 0.947. The van der Waals surface area contributed by atoms with Crippen molar-refractivity contribution in [2.24, 2.45) is 46.3 Å². The second kappa shape index (κ2) is 17.5. The van der Waals surface area contributed by atoms with Gasteiger partial charge < -0.3 is 23.7 Å². The van der Waals surface area contributed by atoms with Gasteiger partial charge in [0.2, 0.25) is 0 Å². The summed E-state index contributed by atoms with van der Waals surface area (Å²) in [5, 5.41) is 0. The number of hydrogen-bond acceptors (Lipinski definition) is 5. The van der Waals surface area contributed by atoms with Gasteiger partial charge in [-0.3, -0.25) is 0 Å². The van der Waals surface area contributed by atoms with Crippen LogP contribution in [0.3, 0.4) is 0 Å². The normalized spacial score (nSPS) is 34.5. The fourth-order valence-corrected chi connectivity index (χ4v) is 9.97. The van der Waals surface area contributed by atoms with Crippen molar-refractivity contribution in [1.29, 1.82) is 0 Å². The van der Waals surface area contributed by atoms with E-state index in [1.54, 1.807) is 5.57 Å². The van der Waals surface area contributed by atoms with Gasteiger partial charge in [-0.05, 0) is 104 Å². The molecule has 5 nitrogen and oxygen atoms in total. The molecule has 4 rings (SSSR count). The van der Waals surface area contributed by atoms with Gasteiger partial charge in [0.25, 0.3) is 0 Å². The maximum absolute atomic E-state index is 6.35. The molecule has 0 spiro atoms. The van der Waals surface area contributed by atoms with E-state index in [2.05, 4.69) is 47.6 Å². The first kappa shape index (κ1) is 35.4. The molecule has 5 heteroatoms. The molecule has 0 bridgehead atoms. The Morgan fingerprint density at radius 2 is 1.40 bits per heavy atom. The van der Waals surface area contributed by atoms with Crippen molar-refractivity contribution in [1.82, 2.24) is 0 Å². The molecule has 0 aliphatic heterocycles. The van der Waals surface area contributed by atoms with Gasteiger partial charge in [-0.2, -0.15) is 0 Å². The second-order valence-corrected chi connectivity index (χ2v) is 15.5. The molecule has 4 aliphatic carbocycles. The highest BCUT2D eigenvalue weighted by Gasteiger charge is 2.59. The Hall–Kier alpha value is -0.460. The van der Waals surface area contributed by atoms with Crippen molar-refractivity contribution in [2.45, 2.75) is 125 Å². The van der Waals surface area contributed by atoms with Gasteiger partial charge in [-0.1, -0.05) is 72.5 Å². The average Bonchev–Trinajstić information content (AvgIpc) is 3.34. The third-order valence-electron chi connectivity index (χ3n) is 12.3. The lowest BCUT2D eigenvalue weighted by molar-refractivity contribution is -0.0692. The van der Waals surface area contributed by atoms with E-state index in [-0.39, 0.29) is 0 Å². The molecule has 8 atom stereocenters. The molecule has 2 unspecified atom stereocenters. The zero-order valence-corrected chi connectivity index (χ0v) is 29.0. The Bertz CT molecular complexity index is 827. The molecule has 0 aromatic carbocycles. The zero-order chi connectivity index (χ0) is 30.7. The molecule has 0 aromatic heterocycles. The van der Waals surface area contributed by atoms with Crippen LogP contribution in [0.1, 0.15) is 119 Å². The molecule has 3 saturated carbocycles. The van der Waals surface area contributed by atoms with E-state index >= 15 is 0 Å². The number of fused-ring (bicyclic) bond motifs is 5. The monoisotopic (exact) mass is 605 g/mol. The van der Waals surface area contributed by atoms with E-state index in [1.165, 1.54) is 64.2 Å². The van der Waals surface area contributed by atoms with Gasteiger partial charge in [0, 0.05) is 6.61 Å². The van der Waals surface area contributed by atoms with Crippen LogP contribution >= 0.6 is 0 Å². The van der Waals surface area contributed by atoms with E-state index in [4.69, 9.17) is 23.7 Å². The second-order valence-electron chi connectivity index (χ2n) is 15.5. The lowest BCUT2D eigenvalue weighted by Gasteiger charge is -2.58. The number of ether oxygens (including phenoxy) is 5. The van der Waals surface area contributed by atoms with Crippen LogP contribution in [0, 0.1) is 46.3 Å². The van der Waals surface area contributed by atoms with E-state index in [0.29, 0.717) is 69.8 Å². The van der Waals surface area contributed by atoms with Crippen LogP contribution in [0.25, 0.3) is 0 Å². The Labute approximate surface area is 265 Å². The van der Waals surface area contributed by atoms with Crippen LogP contribution in [-0.4, -0.2) is 65.6 Å². The molecule has 250 valence electrons. The van der Waals surface area contributed by atoms with Crippen LogP contribution in [0.5, 0.6) is 0 Å². The van der Waals surface area contributed by atoms with Gasteiger partial charge in [0.05, 0.1) is 59.0 Å². The number of rotatable bonds is 20. The van der Waals surface area contributed by atoms with Crippen molar-refractivity contribution in [3.05, 3.63) is 11.6 Å². The van der Waals surface area contributed by atoms with Crippen molar-refractivity contribution < 1.29 is 23.7 Å². The topological polar surface area (TPSA) is 46.2 Å². The van der Waals surface area contributed by atoms with Crippen molar-refractivity contribution in [3.8, 4) is 0 Å². The quantitative estimate of drug-likeness (QED) is 0.103. The summed E-state index contributed by atoms with van der Waals surface area (Å²) in [5.74, 6) is 5.39. The first-order valence-corrected chi connectivity index (χ1v) is 18.4. The van der Waals surface area contributed by atoms with Crippen LogP contribution < -0.4 is 0 Å².